The molecule has 1 saturated carbocycles. The SMILES string of the molecule is CC(C)n1cc2cc(NC(=O)N[C@@H]3CCC[C@@H]4OCC[C@H]43)ccc2n1. The van der Waals surface area contributed by atoms with Crippen LogP contribution in [-0.2, 0) is 4.74 Å². The van der Waals surface area contributed by atoms with Crippen LogP contribution in [0, 0.1) is 5.92 Å². The van der Waals surface area contributed by atoms with Crippen molar-refractivity contribution in [2.75, 3.05) is 11.9 Å². The van der Waals surface area contributed by atoms with Crippen LogP contribution in [0.25, 0.3) is 10.9 Å². The Hall–Kier alpha value is -2.08. The quantitative estimate of drug-likeness (QED) is 0.894. The van der Waals surface area contributed by atoms with E-state index in [0.717, 1.165) is 48.9 Å². The van der Waals surface area contributed by atoms with Crippen molar-refractivity contribution in [2.24, 2.45) is 5.92 Å². The fourth-order valence-corrected chi connectivity index (χ4v) is 4.08. The van der Waals surface area contributed by atoms with Gasteiger partial charge in [0.25, 0.3) is 0 Å². The van der Waals surface area contributed by atoms with Gasteiger partial charge in [-0.15, -0.1) is 0 Å². The van der Waals surface area contributed by atoms with E-state index in [4.69, 9.17) is 4.74 Å². The highest BCUT2D eigenvalue weighted by atomic mass is 16.5. The Morgan fingerprint density at radius 3 is 3.04 bits per heavy atom. The Morgan fingerprint density at radius 1 is 1.32 bits per heavy atom. The van der Waals surface area contributed by atoms with Crippen LogP contribution in [0.2, 0.25) is 0 Å². The first-order valence-corrected chi connectivity index (χ1v) is 9.28. The van der Waals surface area contributed by atoms with E-state index in [-0.39, 0.29) is 12.1 Å². The van der Waals surface area contributed by atoms with Gasteiger partial charge < -0.3 is 15.4 Å². The highest BCUT2D eigenvalue weighted by molar-refractivity contribution is 5.92. The minimum Gasteiger partial charge on any atom is -0.378 e. The predicted octanol–water partition coefficient (Wildman–Crippen LogP) is 3.70. The molecule has 134 valence electrons. The second kappa shape index (κ2) is 6.67. The van der Waals surface area contributed by atoms with E-state index in [1.807, 2.05) is 29.1 Å². The summed E-state index contributed by atoms with van der Waals surface area (Å²) in [6.45, 7) is 5.02. The minimum absolute atomic E-state index is 0.131. The number of aromatic nitrogens is 2. The van der Waals surface area contributed by atoms with Crippen LogP contribution in [0.1, 0.15) is 45.6 Å². The number of hydrogen-bond donors (Lipinski definition) is 2. The average molecular weight is 342 g/mol. The number of amides is 2. The van der Waals surface area contributed by atoms with Gasteiger partial charge in [0.2, 0.25) is 0 Å². The summed E-state index contributed by atoms with van der Waals surface area (Å²) in [6, 6.07) is 6.23. The van der Waals surface area contributed by atoms with Crippen molar-refractivity contribution in [3.8, 4) is 0 Å². The molecule has 2 fully saturated rings. The highest BCUT2D eigenvalue weighted by Crippen LogP contribution is 2.34. The Bertz CT molecular complexity index is 770. The molecule has 1 aromatic heterocycles. The second-order valence-corrected chi connectivity index (χ2v) is 7.47. The number of carbonyl (C=O) groups excluding carboxylic acids is 1. The van der Waals surface area contributed by atoms with E-state index in [1.165, 1.54) is 0 Å². The third-order valence-corrected chi connectivity index (χ3v) is 5.41. The number of ether oxygens (including phenoxy) is 1. The van der Waals surface area contributed by atoms with E-state index in [9.17, 15) is 4.79 Å². The maximum absolute atomic E-state index is 12.4. The van der Waals surface area contributed by atoms with Gasteiger partial charge >= 0.3 is 6.03 Å². The smallest absolute Gasteiger partial charge is 0.319 e. The molecule has 6 heteroatoms. The van der Waals surface area contributed by atoms with Gasteiger partial charge in [-0.3, -0.25) is 4.68 Å². The predicted molar refractivity (Wildman–Crippen MR) is 97.8 cm³/mol. The Labute approximate surface area is 147 Å². The molecule has 0 bridgehead atoms. The third-order valence-electron chi connectivity index (χ3n) is 5.41. The van der Waals surface area contributed by atoms with Gasteiger partial charge in [0.15, 0.2) is 0 Å². The molecule has 0 unspecified atom stereocenters. The summed E-state index contributed by atoms with van der Waals surface area (Å²) in [5.41, 5.74) is 1.74. The largest absolute Gasteiger partial charge is 0.378 e. The minimum atomic E-state index is -0.131. The maximum Gasteiger partial charge on any atom is 0.319 e. The van der Waals surface area contributed by atoms with Gasteiger partial charge in [-0.2, -0.15) is 5.10 Å². The molecule has 1 aliphatic heterocycles. The van der Waals surface area contributed by atoms with Crippen molar-refractivity contribution in [3.63, 3.8) is 0 Å². The number of hydrogen-bond acceptors (Lipinski definition) is 3. The number of carbonyl (C=O) groups is 1. The Balaban J connectivity index is 1.42. The third kappa shape index (κ3) is 3.35. The van der Waals surface area contributed by atoms with Crippen LogP contribution < -0.4 is 10.6 Å². The second-order valence-electron chi connectivity index (χ2n) is 7.47. The molecular weight excluding hydrogens is 316 g/mol. The summed E-state index contributed by atoms with van der Waals surface area (Å²) in [5, 5.41) is 11.7. The summed E-state index contributed by atoms with van der Waals surface area (Å²) in [4.78, 5) is 12.4. The van der Waals surface area contributed by atoms with Crippen molar-refractivity contribution in [3.05, 3.63) is 24.4 Å². The lowest BCUT2D eigenvalue weighted by molar-refractivity contribution is 0.0553. The topological polar surface area (TPSA) is 68.2 Å². The van der Waals surface area contributed by atoms with Crippen molar-refractivity contribution in [1.82, 2.24) is 15.1 Å². The van der Waals surface area contributed by atoms with Crippen LogP contribution in [0.4, 0.5) is 10.5 Å². The zero-order valence-corrected chi connectivity index (χ0v) is 14.9. The van der Waals surface area contributed by atoms with Gasteiger partial charge in [0.1, 0.15) is 0 Å². The van der Waals surface area contributed by atoms with Crippen molar-refractivity contribution in [1.29, 1.82) is 0 Å². The molecule has 6 nitrogen and oxygen atoms in total. The fourth-order valence-electron chi connectivity index (χ4n) is 4.08. The first kappa shape index (κ1) is 16.4. The van der Waals surface area contributed by atoms with Crippen LogP contribution >= 0.6 is 0 Å². The van der Waals surface area contributed by atoms with Crippen LogP contribution in [-0.4, -0.2) is 34.6 Å². The number of nitrogens with zero attached hydrogens (tertiary/aromatic N) is 2. The Morgan fingerprint density at radius 2 is 2.20 bits per heavy atom. The van der Waals surface area contributed by atoms with E-state index in [0.29, 0.717) is 18.1 Å². The van der Waals surface area contributed by atoms with Gasteiger partial charge in [0, 0.05) is 41.9 Å². The molecule has 2 aromatic rings. The van der Waals surface area contributed by atoms with Gasteiger partial charge in [-0.1, -0.05) is 0 Å². The number of fused-ring (bicyclic) bond motifs is 2. The summed E-state index contributed by atoms with van der Waals surface area (Å²) in [7, 11) is 0. The molecular formula is C19H26N4O2. The normalized spacial score (nSPS) is 26.0. The summed E-state index contributed by atoms with van der Waals surface area (Å²) < 4.78 is 7.72. The standard InChI is InChI=1S/C19H26N4O2/c1-12(2)23-11-13-10-14(6-7-16(13)22-23)20-19(24)21-17-4-3-5-18-15(17)8-9-25-18/h6-7,10-12,15,17-18H,3-5,8-9H2,1-2H3,(H2,20,21,24)/t15-,17+,18-/m0/s1. The number of benzene rings is 1. The van der Waals surface area contributed by atoms with Crippen LogP contribution in [0.15, 0.2) is 24.4 Å². The van der Waals surface area contributed by atoms with E-state index >= 15 is 0 Å². The van der Waals surface area contributed by atoms with E-state index in [1.54, 1.807) is 0 Å². The first-order chi connectivity index (χ1) is 12.1. The average Bonchev–Trinajstić information content (AvgIpc) is 3.21. The van der Waals surface area contributed by atoms with Crippen molar-refractivity contribution in [2.45, 2.75) is 57.7 Å². The molecule has 1 saturated heterocycles. The summed E-state index contributed by atoms with van der Waals surface area (Å²) >= 11 is 0. The zero-order chi connectivity index (χ0) is 17.4. The molecule has 1 aromatic carbocycles. The summed E-state index contributed by atoms with van der Waals surface area (Å²) in [6.07, 6.45) is 6.68. The van der Waals surface area contributed by atoms with E-state index < -0.39 is 0 Å². The monoisotopic (exact) mass is 342 g/mol. The maximum atomic E-state index is 12.4. The molecule has 4 rings (SSSR count). The molecule has 0 spiro atoms. The number of anilines is 1. The molecule has 2 amide bonds. The first-order valence-electron chi connectivity index (χ1n) is 9.28. The van der Waals surface area contributed by atoms with Crippen molar-refractivity contribution >= 4 is 22.6 Å². The van der Waals surface area contributed by atoms with Crippen LogP contribution in [0.3, 0.4) is 0 Å². The molecule has 3 atom stereocenters. The lowest BCUT2D eigenvalue weighted by Gasteiger charge is -2.33. The molecule has 2 aliphatic rings. The van der Waals surface area contributed by atoms with Gasteiger partial charge in [0.05, 0.1) is 11.6 Å². The molecule has 0 radical (unpaired) electrons. The molecule has 2 N–H and O–H groups in total. The lowest BCUT2D eigenvalue weighted by Crippen LogP contribution is -2.47. The highest BCUT2D eigenvalue weighted by Gasteiger charge is 2.38. The molecule has 1 aliphatic carbocycles. The lowest BCUT2D eigenvalue weighted by atomic mass is 9.82. The Kier molecular flexibility index (Phi) is 4.37. The fraction of sp³-hybridized carbons (Fsp3) is 0.579. The molecule has 25 heavy (non-hydrogen) atoms. The zero-order valence-electron chi connectivity index (χ0n) is 14.9. The number of nitrogens with one attached hydrogen (secondary N) is 2. The van der Waals surface area contributed by atoms with Gasteiger partial charge in [-0.05, 0) is 57.7 Å². The van der Waals surface area contributed by atoms with E-state index in [2.05, 4.69) is 29.6 Å². The molecule has 2 heterocycles. The van der Waals surface area contributed by atoms with Gasteiger partial charge in [-0.25, -0.2) is 4.79 Å². The summed E-state index contributed by atoms with van der Waals surface area (Å²) in [5.74, 6) is 0.464. The van der Waals surface area contributed by atoms with Crippen LogP contribution in [0.5, 0.6) is 0 Å². The van der Waals surface area contributed by atoms with Crippen molar-refractivity contribution < 1.29 is 9.53 Å². The number of urea groups is 1. The number of rotatable bonds is 3.